The number of carbonyl (C=O) groups is 1. The van der Waals surface area contributed by atoms with E-state index in [0.29, 0.717) is 41.6 Å². The topological polar surface area (TPSA) is 110 Å². The van der Waals surface area contributed by atoms with Crippen molar-refractivity contribution in [3.05, 3.63) is 70.4 Å². The lowest BCUT2D eigenvalue weighted by atomic mass is 10.2. The van der Waals surface area contributed by atoms with Crippen molar-refractivity contribution >= 4 is 23.1 Å². The number of ether oxygens (including phenoxy) is 1. The number of amides is 1. The van der Waals surface area contributed by atoms with Crippen molar-refractivity contribution < 1.29 is 14.5 Å². The van der Waals surface area contributed by atoms with Crippen LogP contribution in [0.2, 0.25) is 0 Å². The molecule has 0 unspecified atom stereocenters. The minimum absolute atomic E-state index is 0.00353. The molecule has 0 fully saturated rings. The Morgan fingerprint density at radius 2 is 1.84 bits per heavy atom. The average Bonchev–Trinajstić information content (AvgIpc) is 2.82. The number of aromatic nitrogens is 2. The number of aryl methyl sites for hydroxylation is 1. The monoisotopic (exact) mass is 435 g/mol. The lowest BCUT2D eigenvalue weighted by Gasteiger charge is -2.22. The van der Waals surface area contributed by atoms with Gasteiger partial charge in [0.1, 0.15) is 11.6 Å². The molecule has 0 aliphatic carbocycles. The number of non-ortho nitro benzene ring substituents is 1. The Kier molecular flexibility index (Phi) is 7.33. The van der Waals surface area contributed by atoms with Crippen LogP contribution in [0.1, 0.15) is 19.5 Å². The van der Waals surface area contributed by atoms with Gasteiger partial charge < -0.3 is 15.0 Å². The van der Waals surface area contributed by atoms with Crippen LogP contribution in [0, 0.1) is 10.1 Å². The summed E-state index contributed by atoms with van der Waals surface area (Å²) in [5.74, 6) is 1.45. The highest BCUT2D eigenvalue weighted by Crippen LogP contribution is 2.25. The van der Waals surface area contributed by atoms with E-state index < -0.39 is 4.92 Å². The molecule has 0 spiro atoms. The number of para-hydroxylation sites is 2. The van der Waals surface area contributed by atoms with Crippen molar-refractivity contribution in [2.24, 2.45) is 0 Å². The Morgan fingerprint density at radius 1 is 1.12 bits per heavy atom. The number of nitrogens with zero attached hydrogens (tertiary/aromatic N) is 4. The minimum Gasteiger partial charge on any atom is -0.495 e. The summed E-state index contributed by atoms with van der Waals surface area (Å²) in [6, 6.07) is 15.2. The number of carbonyl (C=O) groups excluding carboxylic acids is 1. The van der Waals surface area contributed by atoms with Crippen LogP contribution in [0.15, 0.2) is 54.6 Å². The molecular formula is C23H25N5O4. The van der Waals surface area contributed by atoms with Gasteiger partial charge in [0.05, 0.1) is 24.3 Å². The molecule has 166 valence electrons. The van der Waals surface area contributed by atoms with E-state index in [9.17, 15) is 14.9 Å². The fourth-order valence-corrected chi connectivity index (χ4v) is 3.15. The van der Waals surface area contributed by atoms with Crippen LogP contribution in [0.4, 0.5) is 17.2 Å². The number of nitrogens with one attached hydrogen (secondary N) is 1. The number of rotatable bonds is 9. The molecule has 1 aromatic heterocycles. The van der Waals surface area contributed by atoms with Gasteiger partial charge in [-0.1, -0.05) is 19.1 Å². The van der Waals surface area contributed by atoms with Gasteiger partial charge in [-0.15, -0.1) is 0 Å². The molecule has 9 nitrogen and oxygen atoms in total. The second kappa shape index (κ2) is 10.3. The zero-order valence-corrected chi connectivity index (χ0v) is 18.2. The first-order valence-electron chi connectivity index (χ1n) is 10.3. The molecular weight excluding hydrogens is 410 g/mol. The Bertz CT molecular complexity index is 1100. The van der Waals surface area contributed by atoms with Gasteiger partial charge in [-0.3, -0.25) is 14.9 Å². The lowest BCUT2D eigenvalue weighted by molar-refractivity contribution is -0.384. The number of methoxy groups -OCH3 is 1. The number of nitro benzene ring substituents is 1. The maximum Gasteiger partial charge on any atom is 0.269 e. The van der Waals surface area contributed by atoms with E-state index in [1.165, 1.54) is 12.1 Å². The molecule has 0 aliphatic rings. The van der Waals surface area contributed by atoms with E-state index in [2.05, 4.69) is 15.3 Å². The summed E-state index contributed by atoms with van der Waals surface area (Å²) in [7, 11) is 1.55. The van der Waals surface area contributed by atoms with Gasteiger partial charge in [0.2, 0.25) is 5.91 Å². The van der Waals surface area contributed by atoms with Gasteiger partial charge in [-0.25, -0.2) is 9.97 Å². The zero-order valence-electron chi connectivity index (χ0n) is 18.2. The van der Waals surface area contributed by atoms with Crippen molar-refractivity contribution in [1.29, 1.82) is 0 Å². The molecule has 0 atom stereocenters. The van der Waals surface area contributed by atoms with Crippen LogP contribution < -0.4 is 15.0 Å². The molecule has 1 amide bonds. The molecule has 3 rings (SSSR count). The Labute approximate surface area is 186 Å². The zero-order chi connectivity index (χ0) is 23.1. The van der Waals surface area contributed by atoms with Crippen molar-refractivity contribution in [3.63, 3.8) is 0 Å². The third-order valence-electron chi connectivity index (χ3n) is 4.89. The van der Waals surface area contributed by atoms with Gasteiger partial charge in [-0.05, 0) is 37.6 Å². The second-order valence-electron chi connectivity index (χ2n) is 6.96. The maximum absolute atomic E-state index is 12.7. The molecule has 9 heteroatoms. The Morgan fingerprint density at radius 3 is 2.47 bits per heavy atom. The van der Waals surface area contributed by atoms with Crippen molar-refractivity contribution in [1.82, 2.24) is 9.97 Å². The molecule has 2 aromatic carbocycles. The van der Waals surface area contributed by atoms with Crippen molar-refractivity contribution in [2.75, 3.05) is 30.4 Å². The summed E-state index contributed by atoms with van der Waals surface area (Å²) in [5, 5.41) is 13.8. The summed E-state index contributed by atoms with van der Waals surface area (Å²) < 4.78 is 5.29. The van der Waals surface area contributed by atoms with Gasteiger partial charge in [0.25, 0.3) is 5.69 Å². The van der Waals surface area contributed by atoms with Crippen molar-refractivity contribution in [3.8, 4) is 17.1 Å². The first-order valence-corrected chi connectivity index (χ1v) is 10.3. The number of nitro groups is 1. The predicted molar refractivity (Wildman–Crippen MR) is 123 cm³/mol. The minimum atomic E-state index is -0.447. The highest BCUT2D eigenvalue weighted by Gasteiger charge is 2.16. The van der Waals surface area contributed by atoms with E-state index >= 15 is 0 Å². The van der Waals surface area contributed by atoms with Crippen LogP contribution in [0.3, 0.4) is 0 Å². The van der Waals surface area contributed by atoms with E-state index in [0.717, 1.165) is 5.69 Å². The fraction of sp³-hybridized carbons (Fsp3) is 0.261. The summed E-state index contributed by atoms with van der Waals surface area (Å²) in [4.78, 5) is 34.2. The first-order chi connectivity index (χ1) is 15.4. The third kappa shape index (κ3) is 5.37. The summed E-state index contributed by atoms with van der Waals surface area (Å²) in [6.45, 7) is 4.57. The highest BCUT2D eigenvalue weighted by molar-refractivity contribution is 5.95. The second-order valence-corrected chi connectivity index (χ2v) is 6.96. The fourth-order valence-electron chi connectivity index (χ4n) is 3.15. The molecule has 0 bridgehead atoms. The van der Waals surface area contributed by atoms with Crippen LogP contribution >= 0.6 is 0 Å². The summed E-state index contributed by atoms with van der Waals surface area (Å²) in [5.41, 5.74) is 2.08. The highest BCUT2D eigenvalue weighted by atomic mass is 16.6. The number of hydrogen-bond acceptors (Lipinski definition) is 7. The standard InChI is InChI=1S/C23H25N5O4/c1-4-17-14-21(26-23(24-17)16-10-12-18(13-11-16)28(30)31)27(5-2)15-22(29)25-19-8-6-7-9-20(19)32-3/h6-14H,4-5,15H2,1-3H3,(H,25,29). The Balaban J connectivity index is 1.85. The number of hydrogen-bond donors (Lipinski definition) is 1. The molecule has 0 aliphatic heterocycles. The average molecular weight is 435 g/mol. The SMILES string of the molecule is CCc1cc(N(CC)CC(=O)Nc2ccccc2OC)nc(-c2ccc([N+](=O)[O-])cc2)n1. The number of likely N-dealkylation sites (N-methyl/N-ethyl adjacent to an activating group) is 1. The normalized spacial score (nSPS) is 10.5. The molecule has 0 saturated carbocycles. The van der Waals surface area contributed by atoms with Gasteiger partial charge >= 0.3 is 0 Å². The molecule has 1 N–H and O–H groups in total. The quantitative estimate of drug-likeness (QED) is 0.398. The van der Waals surface area contributed by atoms with Gasteiger partial charge in [-0.2, -0.15) is 0 Å². The number of benzene rings is 2. The van der Waals surface area contributed by atoms with Crippen LogP contribution in [0.5, 0.6) is 5.75 Å². The van der Waals surface area contributed by atoms with E-state index in [4.69, 9.17) is 4.74 Å². The van der Waals surface area contributed by atoms with E-state index in [1.807, 2.05) is 36.9 Å². The molecule has 1 heterocycles. The van der Waals surface area contributed by atoms with Crippen LogP contribution in [-0.4, -0.2) is 41.0 Å². The molecule has 0 saturated heterocycles. The van der Waals surface area contributed by atoms with Crippen LogP contribution in [-0.2, 0) is 11.2 Å². The smallest absolute Gasteiger partial charge is 0.269 e. The third-order valence-corrected chi connectivity index (χ3v) is 4.89. The largest absolute Gasteiger partial charge is 0.495 e. The first kappa shape index (κ1) is 22.7. The molecule has 32 heavy (non-hydrogen) atoms. The molecule has 3 aromatic rings. The predicted octanol–water partition coefficient (Wildman–Crippen LogP) is 4.09. The number of anilines is 2. The maximum atomic E-state index is 12.7. The summed E-state index contributed by atoms with van der Waals surface area (Å²) >= 11 is 0. The summed E-state index contributed by atoms with van der Waals surface area (Å²) in [6.07, 6.45) is 0.681. The lowest BCUT2D eigenvalue weighted by Crippen LogP contribution is -2.34. The molecule has 0 radical (unpaired) electrons. The van der Waals surface area contributed by atoms with Gasteiger partial charge in [0.15, 0.2) is 5.82 Å². The van der Waals surface area contributed by atoms with Crippen molar-refractivity contribution in [2.45, 2.75) is 20.3 Å². The van der Waals surface area contributed by atoms with Crippen LogP contribution in [0.25, 0.3) is 11.4 Å². The van der Waals surface area contributed by atoms with E-state index in [1.54, 1.807) is 31.4 Å². The Hall–Kier alpha value is -4.01. The van der Waals surface area contributed by atoms with E-state index in [-0.39, 0.29) is 18.1 Å². The van der Waals surface area contributed by atoms with Gasteiger partial charge in [0, 0.05) is 36.0 Å².